The summed E-state index contributed by atoms with van der Waals surface area (Å²) in [5.74, 6) is -0.0639. The lowest BCUT2D eigenvalue weighted by atomic mass is 9.97. The first-order valence-corrected chi connectivity index (χ1v) is 8.84. The Bertz CT molecular complexity index is 754. The van der Waals surface area contributed by atoms with Gasteiger partial charge in [-0.25, -0.2) is 0 Å². The van der Waals surface area contributed by atoms with Gasteiger partial charge in [0.25, 0.3) is 0 Å². The summed E-state index contributed by atoms with van der Waals surface area (Å²) >= 11 is 0. The molecule has 1 aliphatic heterocycles. The topological polar surface area (TPSA) is 68.2 Å². The van der Waals surface area contributed by atoms with Crippen molar-refractivity contribution in [2.45, 2.75) is 39.8 Å². The maximum Gasteiger partial charge on any atom is 0.238 e. The van der Waals surface area contributed by atoms with Crippen LogP contribution in [0.4, 0.5) is 5.69 Å². The van der Waals surface area contributed by atoms with Gasteiger partial charge < -0.3 is 15.4 Å². The van der Waals surface area contributed by atoms with Crippen molar-refractivity contribution in [1.29, 1.82) is 0 Å². The summed E-state index contributed by atoms with van der Waals surface area (Å²) in [4.78, 5) is 12.3. The Kier molecular flexibility index (Phi) is 5.50. The molecule has 6 nitrogen and oxygen atoms in total. The third-order valence-corrected chi connectivity index (χ3v) is 4.65. The third-order valence-electron chi connectivity index (χ3n) is 4.65. The molecule has 0 fully saturated rings. The van der Waals surface area contributed by atoms with E-state index < -0.39 is 0 Å². The van der Waals surface area contributed by atoms with Gasteiger partial charge in [0.05, 0.1) is 36.3 Å². The second kappa shape index (κ2) is 7.80. The highest BCUT2D eigenvalue weighted by molar-refractivity contribution is 5.93. The van der Waals surface area contributed by atoms with Crippen LogP contribution in [-0.2, 0) is 22.5 Å². The van der Waals surface area contributed by atoms with Crippen LogP contribution in [0.15, 0.2) is 24.3 Å². The van der Waals surface area contributed by atoms with Crippen molar-refractivity contribution >= 4 is 11.6 Å². The number of nitrogens with zero attached hydrogens (tertiary/aromatic N) is 2. The molecule has 2 N–H and O–H groups in total. The largest absolute Gasteiger partial charge is 0.372 e. The van der Waals surface area contributed by atoms with Gasteiger partial charge in [-0.1, -0.05) is 24.3 Å². The lowest BCUT2D eigenvalue weighted by Crippen LogP contribution is -2.33. The molecular formula is C19H26N4O2. The first kappa shape index (κ1) is 17.6. The fourth-order valence-electron chi connectivity index (χ4n) is 3.33. The van der Waals surface area contributed by atoms with Crippen molar-refractivity contribution in [3.63, 3.8) is 0 Å². The number of carbonyl (C=O) groups is 1. The van der Waals surface area contributed by atoms with Gasteiger partial charge in [0.15, 0.2) is 0 Å². The number of nitrogens with one attached hydrogen (secondary N) is 2. The van der Waals surface area contributed by atoms with E-state index in [0.29, 0.717) is 6.54 Å². The molecule has 1 unspecified atom stereocenters. The van der Waals surface area contributed by atoms with E-state index in [4.69, 9.17) is 4.74 Å². The fraction of sp³-hybridized carbons (Fsp3) is 0.474. The number of rotatable bonds is 6. The van der Waals surface area contributed by atoms with Crippen LogP contribution in [0.3, 0.4) is 0 Å². The van der Waals surface area contributed by atoms with Crippen molar-refractivity contribution in [3.8, 4) is 0 Å². The van der Waals surface area contributed by atoms with Gasteiger partial charge >= 0.3 is 0 Å². The van der Waals surface area contributed by atoms with Gasteiger partial charge in [-0.05, 0) is 38.3 Å². The number of aromatic nitrogens is 2. The first-order chi connectivity index (χ1) is 12.1. The van der Waals surface area contributed by atoms with Gasteiger partial charge in [-0.3, -0.25) is 9.48 Å². The standard InChI is InChI=1S/C19H26N4O2/c1-4-23-14(3)19(13(2)22-23)21-18(24)12-20-11-17-16-8-6-5-7-15(16)9-10-25-17/h5-8,17,20H,4,9-12H2,1-3H3,(H,21,24). The first-order valence-electron chi connectivity index (χ1n) is 8.84. The zero-order valence-corrected chi connectivity index (χ0v) is 15.1. The van der Waals surface area contributed by atoms with Crippen LogP contribution in [-0.4, -0.2) is 35.4 Å². The number of anilines is 1. The quantitative estimate of drug-likeness (QED) is 0.846. The fourth-order valence-corrected chi connectivity index (χ4v) is 3.33. The van der Waals surface area contributed by atoms with Crippen LogP contribution in [0.25, 0.3) is 0 Å². The van der Waals surface area contributed by atoms with Crippen LogP contribution in [0, 0.1) is 13.8 Å². The Morgan fingerprint density at radius 1 is 1.36 bits per heavy atom. The molecule has 134 valence electrons. The molecule has 0 saturated heterocycles. The van der Waals surface area contributed by atoms with Crippen molar-refractivity contribution in [2.75, 3.05) is 25.0 Å². The summed E-state index contributed by atoms with van der Waals surface area (Å²) in [5, 5.41) is 10.6. The number of aryl methyl sites for hydroxylation is 2. The Morgan fingerprint density at radius 3 is 2.92 bits per heavy atom. The molecule has 1 aliphatic rings. The SMILES string of the molecule is CCn1nc(C)c(NC(=O)CNCC2OCCc3ccccc32)c1C. The van der Waals surface area contributed by atoms with E-state index in [1.165, 1.54) is 11.1 Å². The molecule has 0 saturated carbocycles. The van der Waals surface area contributed by atoms with E-state index in [1.807, 2.05) is 31.5 Å². The molecule has 1 atom stereocenters. The molecular weight excluding hydrogens is 316 g/mol. The number of benzene rings is 1. The van der Waals surface area contributed by atoms with E-state index >= 15 is 0 Å². The highest BCUT2D eigenvalue weighted by atomic mass is 16.5. The van der Waals surface area contributed by atoms with E-state index in [0.717, 1.165) is 36.6 Å². The Morgan fingerprint density at radius 2 is 2.16 bits per heavy atom. The summed E-state index contributed by atoms with van der Waals surface area (Å²) in [6, 6.07) is 8.34. The number of amides is 1. The van der Waals surface area contributed by atoms with E-state index in [2.05, 4.69) is 33.9 Å². The minimum Gasteiger partial charge on any atom is -0.372 e. The molecule has 0 radical (unpaired) electrons. The molecule has 6 heteroatoms. The number of hydrogen-bond donors (Lipinski definition) is 2. The highest BCUT2D eigenvalue weighted by Gasteiger charge is 2.20. The maximum atomic E-state index is 12.3. The Hall–Kier alpha value is -2.18. The minimum atomic E-state index is -0.0639. The summed E-state index contributed by atoms with van der Waals surface area (Å²) in [6.45, 7) is 8.31. The van der Waals surface area contributed by atoms with Crippen molar-refractivity contribution in [2.24, 2.45) is 0 Å². The predicted octanol–water partition coefficient (Wildman–Crippen LogP) is 2.36. The Labute approximate surface area is 148 Å². The summed E-state index contributed by atoms with van der Waals surface area (Å²) in [5.41, 5.74) is 5.20. The molecule has 2 aromatic rings. The van der Waals surface area contributed by atoms with Gasteiger partial charge in [-0.15, -0.1) is 0 Å². The molecule has 0 spiro atoms. The monoisotopic (exact) mass is 342 g/mol. The number of hydrogen-bond acceptors (Lipinski definition) is 4. The molecule has 1 aromatic carbocycles. The van der Waals surface area contributed by atoms with E-state index in [-0.39, 0.29) is 18.6 Å². The lowest BCUT2D eigenvalue weighted by Gasteiger charge is -2.26. The number of ether oxygens (including phenoxy) is 1. The van der Waals surface area contributed by atoms with Crippen molar-refractivity contribution in [3.05, 3.63) is 46.8 Å². The number of fused-ring (bicyclic) bond motifs is 1. The molecule has 25 heavy (non-hydrogen) atoms. The van der Waals surface area contributed by atoms with Gasteiger partial charge in [0, 0.05) is 13.1 Å². The zero-order chi connectivity index (χ0) is 17.8. The minimum absolute atomic E-state index is 0.00376. The molecule has 0 bridgehead atoms. The van der Waals surface area contributed by atoms with Crippen LogP contribution < -0.4 is 10.6 Å². The van der Waals surface area contributed by atoms with Gasteiger partial charge in [0.1, 0.15) is 0 Å². The maximum absolute atomic E-state index is 12.3. The normalized spacial score (nSPS) is 16.5. The average molecular weight is 342 g/mol. The van der Waals surface area contributed by atoms with Crippen LogP contribution in [0.1, 0.15) is 35.5 Å². The smallest absolute Gasteiger partial charge is 0.238 e. The molecule has 1 amide bonds. The van der Waals surface area contributed by atoms with Crippen molar-refractivity contribution < 1.29 is 9.53 Å². The Balaban J connectivity index is 1.53. The summed E-state index contributed by atoms with van der Waals surface area (Å²) in [7, 11) is 0. The molecule has 3 rings (SSSR count). The van der Waals surface area contributed by atoms with Crippen LogP contribution in [0.5, 0.6) is 0 Å². The molecule has 2 heterocycles. The second-order valence-electron chi connectivity index (χ2n) is 6.35. The van der Waals surface area contributed by atoms with E-state index in [9.17, 15) is 4.79 Å². The lowest BCUT2D eigenvalue weighted by molar-refractivity contribution is -0.115. The second-order valence-corrected chi connectivity index (χ2v) is 6.35. The molecule has 1 aromatic heterocycles. The van der Waals surface area contributed by atoms with Crippen LogP contribution >= 0.6 is 0 Å². The van der Waals surface area contributed by atoms with E-state index in [1.54, 1.807) is 0 Å². The van der Waals surface area contributed by atoms with Gasteiger partial charge in [-0.2, -0.15) is 5.10 Å². The predicted molar refractivity (Wildman–Crippen MR) is 97.7 cm³/mol. The van der Waals surface area contributed by atoms with Crippen molar-refractivity contribution in [1.82, 2.24) is 15.1 Å². The zero-order valence-electron chi connectivity index (χ0n) is 15.1. The van der Waals surface area contributed by atoms with Crippen LogP contribution in [0.2, 0.25) is 0 Å². The van der Waals surface area contributed by atoms with Gasteiger partial charge in [0.2, 0.25) is 5.91 Å². The highest BCUT2D eigenvalue weighted by Crippen LogP contribution is 2.26. The third kappa shape index (κ3) is 3.91. The summed E-state index contributed by atoms with van der Waals surface area (Å²) in [6.07, 6.45) is 0.955. The summed E-state index contributed by atoms with van der Waals surface area (Å²) < 4.78 is 7.75. The average Bonchev–Trinajstić information content (AvgIpc) is 2.89. The number of carbonyl (C=O) groups excluding carboxylic acids is 1. The molecule has 0 aliphatic carbocycles.